The molecule has 0 unspecified atom stereocenters. The van der Waals surface area contributed by atoms with Gasteiger partial charge >= 0.3 is 0 Å². The van der Waals surface area contributed by atoms with Crippen LogP contribution in [-0.4, -0.2) is 86.2 Å². The number of nitrogens with one attached hydrogen (secondary N) is 2. The summed E-state index contributed by atoms with van der Waals surface area (Å²) in [5.74, 6) is -2.92. The minimum absolute atomic E-state index is 0.0677. The summed E-state index contributed by atoms with van der Waals surface area (Å²) in [6.45, 7) is 10.8. The van der Waals surface area contributed by atoms with Crippen molar-refractivity contribution in [3.63, 3.8) is 0 Å². The number of hydrogen-bond donors (Lipinski definition) is 2. The van der Waals surface area contributed by atoms with Crippen LogP contribution in [0.4, 0.5) is 14.7 Å². The number of benzene rings is 2. The molecule has 2 aromatic carbocycles. The third-order valence-corrected chi connectivity index (χ3v) is 12.9. The van der Waals surface area contributed by atoms with E-state index in [0.717, 1.165) is 80.8 Å². The van der Waals surface area contributed by atoms with Crippen LogP contribution < -0.4 is 20.2 Å². The number of aryl methyl sites for hydroxylation is 2. The molecule has 1 spiro atoms. The predicted molar refractivity (Wildman–Crippen MR) is 220 cm³/mol. The molecule has 4 aliphatic heterocycles. The van der Waals surface area contributed by atoms with Gasteiger partial charge in [0, 0.05) is 66.9 Å². The molecule has 5 aromatic rings. The molecule has 4 aliphatic rings. The van der Waals surface area contributed by atoms with Crippen LogP contribution in [0.5, 0.6) is 0 Å². The minimum Gasteiger partial charge on any atom is -0.368 e. The largest absolute Gasteiger partial charge is 0.368 e. The number of halogens is 2. The van der Waals surface area contributed by atoms with Gasteiger partial charge in [0.15, 0.2) is 18.9 Å². The molecule has 13 nitrogen and oxygen atoms in total. The van der Waals surface area contributed by atoms with Crippen LogP contribution in [0.15, 0.2) is 54.7 Å². The van der Waals surface area contributed by atoms with E-state index in [1.807, 2.05) is 30.9 Å². The van der Waals surface area contributed by atoms with Crippen LogP contribution in [0.1, 0.15) is 84.1 Å². The van der Waals surface area contributed by atoms with Gasteiger partial charge in [0.2, 0.25) is 17.8 Å². The van der Waals surface area contributed by atoms with Crippen molar-refractivity contribution < 1.29 is 32.7 Å². The van der Waals surface area contributed by atoms with Crippen molar-refractivity contribution >= 4 is 34.7 Å². The third-order valence-electron chi connectivity index (χ3n) is 12.9. The molecule has 3 aromatic heterocycles. The van der Waals surface area contributed by atoms with Gasteiger partial charge in [0.05, 0.1) is 22.6 Å². The van der Waals surface area contributed by atoms with E-state index < -0.39 is 29.4 Å². The van der Waals surface area contributed by atoms with Crippen LogP contribution >= 0.6 is 0 Å². The molecule has 7 heterocycles. The Hall–Kier alpha value is -5.54. The summed E-state index contributed by atoms with van der Waals surface area (Å²) >= 11 is 0. The molecule has 2 bridgehead atoms. The van der Waals surface area contributed by atoms with Crippen molar-refractivity contribution in [2.24, 2.45) is 18.4 Å². The normalized spacial score (nSPS) is 21.3. The molecule has 3 fully saturated rings. The van der Waals surface area contributed by atoms with Gasteiger partial charge in [-0.3, -0.25) is 34.9 Å². The number of fused-ring (bicyclic) bond motifs is 7. The number of imidazole rings is 1. The molecular weight excluding hydrogens is 769 g/mol. The monoisotopic (exact) mass is 820 g/mol. The summed E-state index contributed by atoms with van der Waals surface area (Å²) in [5, 5.41) is 5.33. The number of aromatic nitrogens is 5. The molecule has 3 saturated heterocycles. The first kappa shape index (κ1) is 39.9. The van der Waals surface area contributed by atoms with E-state index in [-0.39, 0.29) is 29.7 Å². The Kier molecular flexibility index (Phi) is 10.7. The van der Waals surface area contributed by atoms with Crippen LogP contribution in [0.2, 0.25) is 0 Å². The van der Waals surface area contributed by atoms with E-state index in [1.54, 1.807) is 17.0 Å². The van der Waals surface area contributed by atoms with E-state index >= 15 is 8.78 Å². The number of carbonyl (C=O) groups excluding carboxylic acids is 3. The van der Waals surface area contributed by atoms with Gasteiger partial charge in [0.25, 0.3) is 5.91 Å². The molecule has 15 heteroatoms. The number of rotatable bonds is 6. The number of amides is 3. The average molecular weight is 821 g/mol. The Morgan fingerprint density at radius 1 is 0.933 bits per heavy atom. The van der Waals surface area contributed by atoms with E-state index in [4.69, 9.17) is 14.8 Å². The highest BCUT2D eigenvalue weighted by Crippen LogP contribution is 2.41. The Labute approximate surface area is 347 Å². The van der Waals surface area contributed by atoms with Crippen LogP contribution in [0.3, 0.4) is 0 Å². The van der Waals surface area contributed by atoms with Gasteiger partial charge in [-0.2, -0.15) is 0 Å². The molecule has 2 atom stereocenters. The molecule has 0 saturated carbocycles. The predicted octanol–water partition coefficient (Wildman–Crippen LogP) is 5.08. The summed E-state index contributed by atoms with van der Waals surface area (Å²) in [4.78, 5) is 60.1. The van der Waals surface area contributed by atoms with Gasteiger partial charge < -0.3 is 14.3 Å². The van der Waals surface area contributed by atoms with E-state index in [2.05, 4.69) is 50.1 Å². The van der Waals surface area contributed by atoms with Gasteiger partial charge in [-0.25, -0.2) is 13.8 Å². The molecule has 60 heavy (non-hydrogen) atoms. The van der Waals surface area contributed by atoms with E-state index in [9.17, 15) is 14.4 Å². The number of piperidine rings is 2. The van der Waals surface area contributed by atoms with Crippen molar-refractivity contribution in [3.8, 4) is 11.4 Å². The van der Waals surface area contributed by atoms with Crippen molar-refractivity contribution in [1.82, 2.24) is 34.5 Å². The molecule has 0 radical (unpaired) electrons. The fourth-order valence-corrected chi connectivity index (χ4v) is 9.64. The molecular formula is C45H52F2N9O4+. The number of pyridine rings is 1. The second-order valence-corrected chi connectivity index (χ2v) is 17.5. The lowest BCUT2D eigenvalue weighted by molar-refractivity contribution is -0.777. The highest BCUT2D eigenvalue weighted by Gasteiger charge is 2.44. The number of imide groups is 1. The average Bonchev–Trinajstić information content (AvgIpc) is 3.73. The maximum absolute atomic E-state index is 15.1. The van der Waals surface area contributed by atoms with E-state index in [1.165, 1.54) is 17.7 Å². The first-order chi connectivity index (χ1) is 28.9. The highest BCUT2D eigenvalue weighted by atomic mass is 19.1. The minimum atomic E-state index is -0.990. The summed E-state index contributed by atoms with van der Waals surface area (Å²) < 4.78 is 34.2. The van der Waals surface area contributed by atoms with Gasteiger partial charge in [-0.15, -0.1) is 0 Å². The highest BCUT2D eigenvalue weighted by molar-refractivity contribution is 6.05. The summed E-state index contributed by atoms with van der Waals surface area (Å²) in [6, 6.07) is 14.6. The van der Waals surface area contributed by atoms with Crippen molar-refractivity contribution in [1.29, 1.82) is 0 Å². The molecule has 3 amide bonds. The van der Waals surface area contributed by atoms with Gasteiger partial charge in [0.1, 0.15) is 18.2 Å². The lowest BCUT2D eigenvalue weighted by Gasteiger charge is -2.54. The Bertz CT molecular complexity index is 2460. The molecule has 2 N–H and O–H groups in total. The zero-order valence-electron chi connectivity index (χ0n) is 34.5. The van der Waals surface area contributed by atoms with Crippen molar-refractivity contribution in [2.45, 2.75) is 77.8 Å². The molecule has 9 rings (SSSR count). The van der Waals surface area contributed by atoms with Crippen molar-refractivity contribution in [3.05, 3.63) is 94.3 Å². The van der Waals surface area contributed by atoms with E-state index in [0.29, 0.717) is 54.8 Å². The fourth-order valence-electron chi connectivity index (χ4n) is 9.64. The fraction of sp³-hybridized carbons (Fsp3) is 0.467. The second-order valence-electron chi connectivity index (χ2n) is 17.5. The maximum Gasteiger partial charge on any atom is 0.258 e. The first-order valence-electron chi connectivity index (χ1n) is 21.2. The SMILES string of the molecule is Cc1cc2cc(n1)-c1cc[n+](C)n1OCCC[C@@H](C)Cn1c(nc3ccc(CN4CCC5(CC4)CN(CCc4cc(F)c([C@H]6CCC(=O)NC6=O)c(F)c4)C5)cc31)NC2=O. The van der Waals surface area contributed by atoms with Crippen molar-refractivity contribution in [2.75, 3.05) is 44.6 Å². The topological polar surface area (TPSA) is 130 Å². The summed E-state index contributed by atoms with van der Waals surface area (Å²) in [7, 11) is 1.92. The lowest BCUT2D eigenvalue weighted by atomic mass is 9.72. The standard InChI is InChI=1S/C45H51F2N9O4/c1-28-5-4-18-60-56-38(11-14-52(56)3)37-23-32(19-29(2)48-37)42(58)51-44-49-36-8-6-31(22-39(36)55(44)24-28)25-53-16-12-45(13-17-53)26-54(27-45)15-10-30-20-34(46)41(35(47)21-30)33-7-9-40(57)50-43(33)59/h6,8,11,14,19-23,28,33H,4-5,7,9-10,12-13,15-18,24-27H2,1-3H3,(H-,49,50,51,57,58,59)/p+1/t28-,33-/m1/s1. The Morgan fingerprint density at radius 2 is 1.72 bits per heavy atom. The second kappa shape index (κ2) is 16.1. The third kappa shape index (κ3) is 8.04. The number of hydrogen-bond acceptors (Lipinski definition) is 8. The summed E-state index contributed by atoms with van der Waals surface area (Å²) in [6.07, 6.45) is 6.58. The number of nitrogens with zero attached hydrogens (tertiary/aromatic N) is 7. The smallest absolute Gasteiger partial charge is 0.258 e. The summed E-state index contributed by atoms with van der Waals surface area (Å²) in [5.41, 5.74) is 6.27. The quantitative estimate of drug-likeness (QED) is 0.179. The van der Waals surface area contributed by atoms with Crippen LogP contribution in [0.25, 0.3) is 22.4 Å². The maximum atomic E-state index is 15.1. The zero-order valence-corrected chi connectivity index (χ0v) is 34.5. The molecule has 0 aliphatic carbocycles. The van der Waals surface area contributed by atoms with Gasteiger partial charge in [-0.1, -0.05) is 17.7 Å². The number of anilines is 1. The lowest BCUT2D eigenvalue weighted by Crippen LogP contribution is -2.60. The van der Waals surface area contributed by atoms with Crippen LogP contribution in [-0.2, 0) is 36.1 Å². The Morgan fingerprint density at radius 3 is 2.48 bits per heavy atom. The first-order valence-corrected chi connectivity index (χ1v) is 21.2. The molecule has 314 valence electrons. The number of carbonyl (C=O) groups is 3. The number of likely N-dealkylation sites (tertiary alicyclic amines) is 2. The van der Waals surface area contributed by atoms with Crippen LogP contribution in [0, 0.1) is 29.9 Å². The Balaban J connectivity index is 0.832. The van der Waals surface area contributed by atoms with Gasteiger partial charge in [-0.05, 0) is 117 Å². The zero-order chi connectivity index (χ0) is 41.7.